The first-order chi connectivity index (χ1) is 12.3. The van der Waals surface area contributed by atoms with Gasteiger partial charge in [-0.05, 0) is 49.6 Å². The van der Waals surface area contributed by atoms with Crippen molar-refractivity contribution in [3.05, 3.63) is 59.9 Å². The Balaban J connectivity index is 1.98. The molecule has 138 valence electrons. The number of hydrogen-bond donors (Lipinski definition) is 0. The Labute approximate surface area is 153 Å². The van der Waals surface area contributed by atoms with Gasteiger partial charge in [-0.3, -0.25) is 9.10 Å². The van der Waals surface area contributed by atoms with Gasteiger partial charge >= 0.3 is 0 Å². The van der Waals surface area contributed by atoms with Gasteiger partial charge in [0.15, 0.2) is 0 Å². The van der Waals surface area contributed by atoms with Crippen molar-refractivity contribution in [1.29, 1.82) is 0 Å². The molecule has 0 radical (unpaired) electrons. The zero-order valence-electron chi connectivity index (χ0n) is 14.7. The van der Waals surface area contributed by atoms with E-state index in [9.17, 15) is 17.6 Å². The molecular weight excluding hydrogens is 355 g/mol. The van der Waals surface area contributed by atoms with E-state index in [0.29, 0.717) is 6.54 Å². The zero-order chi connectivity index (χ0) is 18.9. The number of benzene rings is 2. The number of sulfonamides is 1. The minimum absolute atomic E-state index is 0.138. The van der Waals surface area contributed by atoms with Crippen molar-refractivity contribution in [1.82, 2.24) is 0 Å². The Morgan fingerprint density at radius 3 is 2.62 bits per heavy atom. The highest BCUT2D eigenvalue weighted by Gasteiger charge is 2.34. The molecule has 1 amide bonds. The summed E-state index contributed by atoms with van der Waals surface area (Å²) in [5.74, 6) is -0.883. The average Bonchev–Trinajstić information content (AvgIpc) is 2.59. The van der Waals surface area contributed by atoms with E-state index >= 15 is 0 Å². The van der Waals surface area contributed by atoms with Crippen LogP contribution in [0.3, 0.4) is 0 Å². The molecular formula is C19H21FN2O3S. The molecule has 2 aromatic rings. The second kappa shape index (κ2) is 7.07. The fourth-order valence-corrected chi connectivity index (χ4v) is 4.56. The Morgan fingerprint density at radius 1 is 1.19 bits per heavy atom. The number of anilines is 2. The summed E-state index contributed by atoms with van der Waals surface area (Å²) < 4.78 is 39.3. The van der Waals surface area contributed by atoms with Crippen LogP contribution in [0.15, 0.2) is 48.5 Å². The second-order valence-electron chi connectivity index (χ2n) is 6.44. The first kappa shape index (κ1) is 18.4. The fraction of sp³-hybridized carbons (Fsp3) is 0.316. The Kier molecular flexibility index (Phi) is 5.00. The Bertz CT molecular complexity index is 930. The minimum atomic E-state index is -3.78. The molecule has 1 unspecified atom stereocenters. The summed E-state index contributed by atoms with van der Waals surface area (Å²) in [5, 5.41) is 0. The van der Waals surface area contributed by atoms with E-state index in [4.69, 9.17) is 0 Å². The highest BCUT2D eigenvalue weighted by molar-refractivity contribution is 7.92. The van der Waals surface area contributed by atoms with Gasteiger partial charge in [-0.25, -0.2) is 12.8 Å². The van der Waals surface area contributed by atoms with Gasteiger partial charge in [-0.15, -0.1) is 0 Å². The molecule has 0 fully saturated rings. The monoisotopic (exact) mass is 376 g/mol. The molecule has 2 aromatic carbocycles. The molecule has 1 heterocycles. The Morgan fingerprint density at radius 2 is 1.92 bits per heavy atom. The van der Waals surface area contributed by atoms with Crippen LogP contribution in [0.2, 0.25) is 0 Å². The number of hydrogen-bond acceptors (Lipinski definition) is 3. The SMILES string of the molecule is CC(C(=O)N1CCCc2ccccc21)N(c1cccc(F)c1)S(C)(=O)=O. The number of carbonyl (C=O) groups is 1. The second-order valence-corrected chi connectivity index (χ2v) is 8.30. The summed E-state index contributed by atoms with van der Waals surface area (Å²) in [5.41, 5.74) is 2.01. The van der Waals surface area contributed by atoms with Crippen LogP contribution in [-0.2, 0) is 21.2 Å². The summed E-state index contributed by atoms with van der Waals surface area (Å²) in [6, 6.07) is 11.9. The molecule has 1 aliphatic heterocycles. The van der Waals surface area contributed by atoms with Gasteiger partial charge < -0.3 is 4.90 Å². The van der Waals surface area contributed by atoms with Crippen molar-refractivity contribution in [3.63, 3.8) is 0 Å². The van der Waals surface area contributed by atoms with Crippen LogP contribution < -0.4 is 9.21 Å². The van der Waals surface area contributed by atoms with E-state index in [1.165, 1.54) is 25.1 Å². The molecule has 0 bridgehead atoms. The lowest BCUT2D eigenvalue weighted by Crippen LogP contribution is -2.50. The fourth-order valence-electron chi connectivity index (χ4n) is 3.40. The number of rotatable bonds is 4. The predicted octanol–water partition coefficient (Wildman–Crippen LogP) is 2.96. The largest absolute Gasteiger partial charge is 0.310 e. The van der Waals surface area contributed by atoms with E-state index in [1.54, 1.807) is 4.90 Å². The van der Waals surface area contributed by atoms with Crippen molar-refractivity contribution >= 4 is 27.3 Å². The third-order valence-corrected chi connectivity index (χ3v) is 5.75. The molecule has 5 nitrogen and oxygen atoms in total. The van der Waals surface area contributed by atoms with E-state index in [2.05, 4.69) is 0 Å². The highest BCUT2D eigenvalue weighted by Crippen LogP contribution is 2.29. The van der Waals surface area contributed by atoms with Crippen LogP contribution in [-0.4, -0.2) is 33.2 Å². The summed E-state index contributed by atoms with van der Waals surface area (Å²) in [6.07, 6.45) is 2.72. The van der Waals surface area contributed by atoms with Crippen LogP contribution in [0, 0.1) is 5.82 Å². The molecule has 3 rings (SSSR count). The normalized spacial score (nSPS) is 15.3. The summed E-state index contributed by atoms with van der Waals surface area (Å²) in [6.45, 7) is 2.06. The molecule has 0 spiro atoms. The quantitative estimate of drug-likeness (QED) is 0.824. The lowest BCUT2D eigenvalue weighted by molar-refractivity contribution is -0.119. The highest BCUT2D eigenvalue weighted by atomic mass is 32.2. The maximum atomic E-state index is 13.6. The molecule has 0 N–H and O–H groups in total. The van der Waals surface area contributed by atoms with Gasteiger partial charge in [0.2, 0.25) is 10.0 Å². The number of fused-ring (bicyclic) bond motifs is 1. The van der Waals surface area contributed by atoms with E-state index < -0.39 is 21.9 Å². The minimum Gasteiger partial charge on any atom is -0.310 e. The molecule has 0 saturated carbocycles. The summed E-state index contributed by atoms with van der Waals surface area (Å²) in [4.78, 5) is 14.8. The number of para-hydroxylation sites is 1. The van der Waals surface area contributed by atoms with Crippen molar-refractivity contribution in [2.24, 2.45) is 0 Å². The number of nitrogens with zero attached hydrogens (tertiary/aromatic N) is 2. The van der Waals surface area contributed by atoms with Gasteiger partial charge in [0, 0.05) is 12.2 Å². The molecule has 1 aliphatic rings. The van der Waals surface area contributed by atoms with Gasteiger partial charge in [0.05, 0.1) is 11.9 Å². The maximum absolute atomic E-state index is 13.6. The van der Waals surface area contributed by atoms with E-state index in [0.717, 1.165) is 40.7 Å². The third kappa shape index (κ3) is 3.58. The van der Waals surface area contributed by atoms with Crippen LogP contribution in [0.1, 0.15) is 18.9 Å². The summed E-state index contributed by atoms with van der Waals surface area (Å²) >= 11 is 0. The average molecular weight is 376 g/mol. The lowest BCUT2D eigenvalue weighted by Gasteiger charge is -2.35. The number of halogens is 1. The predicted molar refractivity (Wildman–Crippen MR) is 100 cm³/mol. The van der Waals surface area contributed by atoms with Crippen LogP contribution in [0.25, 0.3) is 0 Å². The lowest BCUT2D eigenvalue weighted by atomic mass is 10.0. The smallest absolute Gasteiger partial charge is 0.250 e. The van der Waals surface area contributed by atoms with Gasteiger partial charge in [0.25, 0.3) is 5.91 Å². The number of aryl methyl sites for hydroxylation is 1. The van der Waals surface area contributed by atoms with Crippen molar-refractivity contribution in [3.8, 4) is 0 Å². The maximum Gasteiger partial charge on any atom is 0.250 e. The zero-order valence-corrected chi connectivity index (χ0v) is 15.5. The van der Waals surface area contributed by atoms with Crippen molar-refractivity contribution in [2.75, 3.05) is 22.0 Å². The molecule has 0 aliphatic carbocycles. The van der Waals surface area contributed by atoms with Crippen molar-refractivity contribution < 1.29 is 17.6 Å². The van der Waals surface area contributed by atoms with E-state index in [-0.39, 0.29) is 11.6 Å². The molecule has 0 saturated heterocycles. The van der Waals surface area contributed by atoms with Crippen LogP contribution in [0.4, 0.5) is 15.8 Å². The molecule has 7 heteroatoms. The summed E-state index contributed by atoms with van der Waals surface area (Å²) in [7, 11) is -3.78. The van der Waals surface area contributed by atoms with E-state index in [1.807, 2.05) is 24.3 Å². The van der Waals surface area contributed by atoms with Gasteiger partial charge in [-0.2, -0.15) is 0 Å². The third-order valence-electron chi connectivity index (χ3n) is 4.51. The van der Waals surface area contributed by atoms with Gasteiger partial charge in [0.1, 0.15) is 11.9 Å². The topological polar surface area (TPSA) is 57.7 Å². The number of carbonyl (C=O) groups excluding carboxylic acids is 1. The van der Waals surface area contributed by atoms with Crippen LogP contribution in [0.5, 0.6) is 0 Å². The standard InChI is InChI=1S/C19H21FN2O3S/c1-14(22(26(2,24)25)17-10-5-9-16(20)13-17)19(23)21-12-6-8-15-7-3-4-11-18(15)21/h3-5,7,9-11,13-14H,6,8,12H2,1-2H3. The molecule has 26 heavy (non-hydrogen) atoms. The Hall–Kier alpha value is -2.41. The first-order valence-electron chi connectivity index (χ1n) is 8.43. The number of amides is 1. The van der Waals surface area contributed by atoms with Crippen LogP contribution >= 0.6 is 0 Å². The first-order valence-corrected chi connectivity index (χ1v) is 10.3. The molecule has 1 atom stereocenters. The van der Waals surface area contributed by atoms with Crippen molar-refractivity contribution in [2.45, 2.75) is 25.8 Å². The van der Waals surface area contributed by atoms with Gasteiger partial charge in [-0.1, -0.05) is 24.3 Å². The molecule has 0 aromatic heterocycles.